The van der Waals surface area contributed by atoms with E-state index in [-0.39, 0.29) is 11.8 Å². The minimum absolute atomic E-state index is 0.0271. The van der Waals surface area contributed by atoms with Crippen molar-refractivity contribution >= 4 is 23.3 Å². The van der Waals surface area contributed by atoms with Crippen LogP contribution in [-0.4, -0.2) is 38.1 Å². The summed E-state index contributed by atoms with van der Waals surface area (Å²) in [6.45, 7) is 6.16. The number of carbonyl (C=O) groups is 2. The largest absolute Gasteiger partial charge is 0.462 e. The summed E-state index contributed by atoms with van der Waals surface area (Å²) in [6, 6.07) is 8.35. The summed E-state index contributed by atoms with van der Waals surface area (Å²) in [5.41, 5.74) is 2.62. The van der Waals surface area contributed by atoms with E-state index >= 15 is 0 Å². The fourth-order valence-corrected chi connectivity index (χ4v) is 2.53. The van der Waals surface area contributed by atoms with Crippen molar-refractivity contribution in [3.8, 4) is 0 Å². The molecule has 8 heteroatoms. The van der Waals surface area contributed by atoms with Crippen LogP contribution in [-0.2, 0) is 4.74 Å². The van der Waals surface area contributed by atoms with Crippen molar-refractivity contribution < 1.29 is 14.3 Å². The van der Waals surface area contributed by atoms with Gasteiger partial charge in [0, 0.05) is 17.1 Å². The number of unbranched alkanes of at least 4 members (excludes halogenated alkanes) is 1. The van der Waals surface area contributed by atoms with Crippen LogP contribution < -0.4 is 5.32 Å². The van der Waals surface area contributed by atoms with E-state index in [2.05, 4.69) is 20.4 Å². The Morgan fingerprint density at radius 3 is 2.59 bits per heavy atom. The zero-order chi connectivity index (χ0) is 19.4. The van der Waals surface area contributed by atoms with Gasteiger partial charge in [-0.1, -0.05) is 13.3 Å². The predicted molar refractivity (Wildman–Crippen MR) is 99.8 cm³/mol. The third-order valence-corrected chi connectivity index (χ3v) is 3.93. The first kappa shape index (κ1) is 18.5. The monoisotopic (exact) mass is 367 g/mol. The van der Waals surface area contributed by atoms with Crippen molar-refractivity contribution in [2.75, 3.05) is 11.9 Å². The second-order valence-corrected chi connectivity index (χ2v) is 6.21. The van der Waals surface area contributed by atoms with E-state index in [9.17, 15) is 9.59 Å². The number of amides is 1. The number of ether oxygens (including phenoxy) is 1. The maximum Gasteiger partial charge on any atom is 0.338 e. The Morgan fingerprint density at radius 1 is 1.15 bits per heavy atom. The molecule has 3 rings (SSSR count). The summed E-state index contributed by atoms with van der Waals surface area (Å²) in [4.78, 5) is 32.7. The highest BCUT2D eigenvalue weighted by molar-refractivity contribution is 6.02. The van der Waals surface area contributed by atoms with Crippen molar-refractivity contribution in [1.82, 2.24) is 19.6 Å². The first-order valence-corrected chi connectivity index (χ1v) is 8.77. The molecule has 2 aromatic heterocycles. The standard InChI is InChI=1S/C19H21N5O3/c1-4-5-10-27-18(26)14-6-8-15(9-7-14)21-17(25)16-22-19-20-12(2)11-13(3)24(19)23-16/h6-9,11H,4-5,10H2,1-3H3,(H,21,25). The van der Waals surface area contributed by atoms with Gasteiger partial charge in [-0.3, -0.25) is 4.79 Å². The number of nitrogens with zero attached hydrogens (tertiary/aromatic N) is 4. The molecule has 2 heterocycles. The average Bonchev–Trinajstić information content (AvgIpc) is 3.07. The van der Waals surface area contributed by atoms with Crippen molar-refractivity contribution in [3.63, 3.8) is 0 Å². The number of anilines is 1. The van der Waals surface area contributed by atoms with E-state index in [0.717, 1.165) is 24.2 Å². The molecule has 0 radical (unpaired) electrons. The number of hydrogen-bond donors (Lipinski definition) is 1. The molecule has 0 bridgehead atoms. The normalized spacial score (nSPS) is 10.8. The van der Waals surface area contributed by atoms with Crippen LogP contribution in [0.25, 0.3) is 5.78 Å². The Labute approximate surface area is 156 Å². The molecule has 140 valence electrons. The van der Waals surface area contributed by atoms with E-state index in [1.807, 2.05) is 26.8 Å². The topological polar surface area (TPSA) is 98.5 Å². The molecule has 0 spiro atoms. The van der Waals surface area contributed by atoms with Crippen LogP contribution in [0.1, 0.15) is 52.1 Å². The molecule has 1 amide bonds. The van der Waals surface area contributed by atoms with Crippen molar-refractivity contribution in [2.45, 2.75) is 33.6 Å². The van der Waals surface area contributed by atoms with Gasteiger partial charge >= 0.3 is 5.97 Å². The van der Waals surface area contributed by atoms with Gasteiger partial charge in [0.2, 0.25) is 5.82 Å². The second-order valence-electron chi connectivity index (χ2n) is 6.21. The van der Waals surface area contributed by atoms with Crippen LogP contribution in [0.2, 0.25) is 0 Å². The van der Waals surface area contributed by atoms with Crippen LogP contribution in [0.15, 0.2) is 30.3 Å². The van der Waals surface area contributed by atoms with Gasteiger partial charge in [-0.05, 0) is 50.6 Å². The zero-order valence-electron chi connectivity index (χ0n) is 15.5. The average molecular weight is 367 g/mol. The van der Waals surface area contributed by atoms with Crippen molar-refractivity contribution in [3.05, 3.63) is 53.1 Å². The minimum atomic E-state index is -0.448. The lowest BCUT2D eigenvalue weighted by Gasteiger charge is -2.06. The quantitative estimate of drug-likeness (QED) is 0.531. The van der Waals surface area contributed by atoms with E-state index in [0.29, 0.717) is 23.6 Å². The number of fused-ring (bicyclic) bond motifs is 1. The number of nitrogens with one attached hydrogen (secondary N) is 1. The molecule has 0 saturated heterocycles. The SMILES string of the molecule is CCCCOC(=O)c1ccc(NC(=O)c2nc3nc(C)cc(C)n3n2)cc1. The molecule has 0 aliphatic heterocycles. The first-order chi connectivity index (χ1) is 13.0. The summed E-state index contributed by atoms with van der Waals surface area (Å²) >= 11 is 0. The molecule has 0 saturated carbocycles. The number of hydrogen-bond acceptors (Lipinski definition) is 6. The van der Waals surface area contributed by atoms with Crippen LogP contribution in [0.3, 0.4) is 0 Å². The summed E-state index contributed by atoms with van der Waals surface area (Å²) < 4.78 is 6.68. The van der Waals surface area contributed by atoms with Crippen LogP contribution >= 0.6 is 0 Å². The number of esters is 1. The molecular weight excluding hydrogens is 346 g/mol. The Kier molecular flexibility index (Phi) is 5.44. The molecule has 27 heavy (non-hydrogen) atoms. The zero-order valence-corrected chi connectivity index (χ0v) is 15.5. The maximum atomic E-state index is 12.4. The summed E-state index contributed by atoms with van der Waals surface area (Å²) in [7, 11) is 0. The van der Waals surface area contributed by atoms with E-state index < -0.39 is 5.91 Å². The minimum Gasteiger partial charge on any atom is -0.462 e. The number of aryl methyl sites for hydroxylation is 2. The molecule has 0 unspecified atom stereocenters. The Balaban J connectivity index is 1.69. The van der Waals surface area contributed by atoms with Gasteiger partial charge in [0.15, 0.2) is 0 Å². The highest BCUT2D eigenvalue weighted by atomic mass is 16.5. The Morgan fingerprint density at radius 2 is 1.89 bits per heavy atom. The molecule has 1 aromatic carbocycles. The van der Waals surface area contributed by atoms with Gasteiger partial charge in [0.05, 0.1) is 12.2 Å². The van der Waals surface area contributed by atoms with E-state index in [1.165, 1.54) is 4.52 Å². The molecule has 0 fully saturated rings. The van der Waals surface area contributed by atoms with Gasteiger partial charge in [0.1, 0.15) is 0 Å². The van der Waals surface area contributed by atoms with Gasteiger partial charge in [-0.25, -0.2) is 14.3 Å². The smallest absolute Gasteiger partial charge is 0.338 e. The third kappa shape index (κ3) is 4.28. The number of carbonyl (C=O) groups excluding carboxylic acids is 2. The molecular formula is C19H21N5O3. The second kappa shape index (κ2) is 7.94. The lowest BCUT2D eigenvalue weighted by Crippen LogP contribution is -2.14. The van der Waals surface area contributed by atoms with Crippen LogP contribution in [0.5, 0.6) is 0 Å². The first-order valence-electron chi connectivity index (χ1n) is 8.77. The fourth-order valence-electron chi connectivity index (χ4n) is 2.53. The molecule has 3 aromatic rings. The molecule has 0 aliphatic rings. The summed E-state index contributed by atoms with van der Waals surface area (Å²) in [5, 5.41) is 6.91. The Hall–Kier alpha value is -3.29. The fraction of sp³-hybridized carbons (Fsp3) is 0.316. The third-order valence-electron chi connectivity index (χ3n) is 3.93. The highest BCUT2D eigenvalue weighted by Gasteiger charge is 2.15. The van der Waals surface area contributed by atoms with Crippen molar-refractivity contribution in [1.29, 1.82) is 0 Å². The van der Waals surface area contributed by atoms with Gasteiger partial charge < -0.3 is 10.1 Å². The summed E-state index contributed by atoms with van der Waals surface area (Å²) in [5.74, 6) is -0.418. The van der Waals surface area contributed by atoms with Gasteiger partial charge in [-0.15, -0.1) is 5.10 Å². The van der Waals surface area contributed by atoms with E-state index in [1.54, 1.807) is 24.3 Å². The molecule has 1 N–H and O–H groups in total. The van der Waals surface area contributed by atoms with E-state index in [4.69, 9.17) is 4.74 Å². The molecule has 0 aliphatic carbocycles. The van der Waals surface area contributed by atoms with Gasteiger partial charge in [-0.2, -0.15) is 4.98 Å². The van der Waals surface area contributed by atoms with Crippen LogP contribution in [0, 0.1) is 13.8 Å². The predicted octanol–water partition coefficient (Wildman–Crippen LogP) is 2.95. The highest BCUT2D eigenvalue weighted by Crippen LogP contribution is 2.12. The van der Waals surface area contributed by atoms with Gasteiger partial charge in [0.25, 0.3) is 11.7 Å². The lowest BCUT2D eigenvalue weighted by atomic mass is 10.2. The Bertz CT molecular complexity index is 979. The number of aromatic nitrogens is 4. The van der Waals surface area contributed by atoms with Crippen LogP contribution in [0.4, 0.5) is 5.69 Å². The maximum absolute atomic E-state index is 12.4. The lowest BCUT2D eigenvalue weighted by molar-refractivity contribution is 0.0499. The summed E-state index contributed by atoms with van der Waals surface area (Å²) in [6.07, 6.45) is 1.80. The number of benzene rings is 1. The molecule has 8 nitrogen and oxygen atoms in total. The number of rotatable bonds is 6. The van der Waals surface area contributed by atoms with Crippen molar-refractivity contribution in [2.24, 2.45) is 0 Å². The molecule has 0 atom stereocenters.